The minimum atomic E-state index is -0.0356. The van der Waals surface area contributed by atoms with Crippen molar-refractivity contribution in [1.82, 2.24) is 4.90 Å². The van der Waals surface area contributed by atoms with Gasteiger partial charge in [-0.2, -0.15) is 0 Å². The first-order chi connectivity index (χ1) is 11.9. The third-order valence-electron chi connectivity index (χ3n) is 4.56. The molecule has 0 aliphatic carbocycles. The third-order valence-corrected chi connectivity index (χ3v) is 4.97. The Balaban J connectivity index is 1.59. The van der Waals surface area contributed by atoms with Crippen LogP contribution < -0.4 is 10.2 Å². The Bertz CT molecular complexity index is 762. The number of urea groups is 1. The summed E-state index contributed by atoms with van der Waals surface area (Å²) in [5.41, 5.74) is 5.35. The third kappa shape index (κ3) is 4.26. The average molecular weight is 358 g/mol. The molecule has 1 fully saturated rings. The van der Waals surface area contributed by atoms with Crippen LogP contribution in [0.5, 0.6) is 0 Å². The Labute approximate surface area is 154 Å². The summed E-state index contributed by atoms with van der Waals surface area (Å²) < 4.78 is 0. The number of piperazine rings is 1. The Morgan fingerprint density at radius 1 is 0.960 bits per heavy atom. The van der Waals surface area contributed by atoms with Gasteiger partial charge in [-0.15, -0.1) is 0 Å². The smallest absolute Gasteiger partial charge is 0.321 e. The van der Waals surface area contributed by atoms with Gasteiger partial charge in [-0.1, -0.05) is 23.7 Å². The molecule has 2 amide bonds. The zero-order valence-electron chi connectivity index (χ0n) is 15.0. The van der Waals surface area contributed by atoms with E-state index in [4.69, 9.17) is 11.6 Å². The molecule has 132 valence electrons. The topological polar surface area (TPSA) is 35.6 Å². The van der Waals surface area contributed by atoms with Gasteiger partial charge in [0.1, 0.15) is 0 Å². The SMILES string of the molecule is Cc1cc(C)cc(NC(=O)N2CCN(c3ccc(C)c(Cl)c3)CC2)c1. The molecule has 1 aliphatic rings. The number of halogens is 1. The van der Waals surface area contributed by atoms with Gasteiger partial charge in [-0.05, 0) is 61.7 Å². The quantitative estimate of drug-likeness (QED) is 0.851. The van der Waals surface area contributed by atoms with E-state index in [2.05, 4.69) is 22.3 Å². The lowest BCUT2D eigenvalue weighted by molar-refractivity contribution is 0.208. The van der Waals surface area contributed by atoms with Crippen molar-refractivity contribution in [2.45, 2.75) is 20.8 Å². The van der Waals surface area contributed by atoms with Gasteiger partial charge in [0.15, 0.2) is 0 Å². The maximum absolute atomic E-state index is 12.5. The second kappa shape index (κ2) is 7.36. The van der Waals surface area contributed by atoms with Crippen LogP contribution in [0.3, 0.4) is 0 Å². The van der Waals surface area contributed by atoms with E-state index in [0.29, 0.717) is 13.1 Å². The Morgan fingerprint density at radius 2 is 1.60 bits per heavy atom. The molecule has 0 atom stereocenters. The van der Waals surface area contributed by atoms with Crippen LogP contribution in [0, 0.1) is 20.8 Å². The highest BCUT2D eigenvalue weighted by molar-refractivity contribution is 6.31. The lowest BCUT2D eigenvalue weighted by atomic mass is 10.1. The van der Waals surface area contributed by atoms with Crippen molar-refractivity contribution in [3.8, 4) is 0 Å². The molecule has 0 bridgehead atoms. The normalized spacial score (nSPS) is 14.6. The van der Waals surface area contributed by atoms with E-state index >= 15 is 0 Å². The van der Waals surface area contributed by atoms with Gasteiger partial charge in [0, 0.05) is 42.6 Å². The van der Waals surface area contributed by atoms with E-state index in [1.807, 2.05) is 49.9 Å². The number of hydrogen-bond donors (Lipinski definition) is 1. The fourth-order valence-electron chi connectivity index (χ4n) is 3.20. The molecule has 2 aromatic rings. The van der Waals surface area contributed by atoms with Crippen LogP contribution in [0.15, 0.2) is 36.4 Å². The van der Waals surface area contributed by atoms with Crippen LogP contribution in [-0.2, 0) is 0 Å². The van der Waals surface area contributed by atoms with Gasteiger partial charge >= 0.3 is 6.03 Å². The molecule has 0 saturated carbocycles. The van der Waals surface area contributed by atoms with E-state index in [9.17, 15) is 4.79 Å². The standard InChI is InChI=1S/C20H24ClN3O/c1-14-10-15(2)12-17(11-14)22-20(25)24-8-6-23(7-9-24)18-5-4-16(3)19(21)13-18/h4-5,10-13H,6-9H2,1-3H3,(H,22,25). The summed E-state index contributed by atoms with van der Waals surface area (Å²) in [5.74, 6) is 0. The number of carbonyl (C=O) groups excluding carboxylic acids is 1. The molecule has 0 unspecified atom stereocenters. The lowest BCUT2D eigenvalue weighted by Gasteiger charge is -2.36. The van der Waals surface area contributed by atoms with Crippen LogP contribution in [0.4, 0.5) is 16.2 Å². The van der Waals surface area contributed by atoms with E-state index in [1.54, 1.807) is 0 Å². The van der Waals surface area contributed by atoms with E-state index in [0.717, 1.165) is 46.2 Å². The molecule has 2 aromatic carbocycles. The number of aryl methyl sites for hydroxylation is 3. The Kier molecular flexibility index (Phi) is 5.19. The summed E-state index contributed by atoms with van der Waals surface area (Å²) >= 11 is 6.23. The highest BCUT2D eigenvalue weighted by Crippen LogP contribution is 2.24. The van der Waals surface area contributed by atoms with Crippen LogP contribution in [0.2, 0.25) is 5.02 Å². The molecular weight excluding hydrogens is 334 g/mol. The molecular formula is C20H24ClN3O. The minimum Gasteiger partial charge on any atom is -0.368 e. The van der Waals surface area contributed by atoms with Gasteiger partial charge in [-0.3, -0.25) is 0 Å². The summed E-state index contributed by atoms with van der Waals surface area (Å²) in [4.78, 5) is 16.6. The lowest BCUT2D eigenvalue weighted by Crippen LogP contribution is -2.50. The molecule has 4 nitrogen and oxygen atoms in total. The number of carbonyl (C=O) groups is 1. The maximum atomic E-state index is 12.5. The summed E-state index contributed by atoms with van der Waals surface area (Å²) in [6, 6.07) is 12.2. The van der Waals surface area contributed by atoms with Crippen molar-refractivity contribution >= 4 is 29.0 Å². The van der Waals surface area contributed by atoms with E-state index < -0.39 is 0 Å². The van der Waals surface area contributed by atoms with Crippen LogP contribution in [-0.4, -0.2) is 37.1 Å². The summed E-state index contributed by atoms with van der Waals surface area (Å²) in [6.07, 6.45) is 0. The monoisotopic (exact) mass is 357 g/mol. The zero-order chi connectivity index (χ0) is 18.0. The van der Waals surface area contributed by atoms with Crippen molar-refractivity contribution < 1.29 is 4.79 Å². The zero-order valence-corrected chi connectivity index (χ0v) is 15.7. The molecule has 3 rings (SSSR count). The number of rotatable bonds is 2. The van der Waals surface area contributed by atoms with Gasteiger partial charge in [0.2, 0.25) is 0 Å². The molecule has 25 heavy (non-hydrogen) atoms. The second-order valence-electron chi connectivity index (χ2n) is 6.71. The van der Waals surface area contributed by atoms with Crippen LogP contribution >= 0.6 is 11.6 Å². The molecule has 1 aliphatic heterocycles. The molecule has 0 spiro atoms. The first-order valence-corrected chi connectivity index (χ1v) is 8.95. The Morgan fingerprint density at radius 3 is 2.20 bits per heavy atom. The molecule has 5 heteroatoms. The Hall–Kier alpha value is -2.20. The molecule has 1 N–H and O–H groups in total. The summed E-state index contributed by atoms with van der Waals surface area (Å²) in [6.45, 7) is 9.08. The van der Waals surface area contributed by atoms with Gasteiger partial charge in [0.25, 0.3) is 0 Å². The number of anilines is 2. The fraction of sp³-hybridized carbons (Fsp3) is 0.350. The highest BCUT2D eigenvalue weighted by atomic mass is 35.5. The van der Waals surface area contributed by atoms with Crippen molar-refractivity contribution in [1.29, 1.82) is 0 Å². The highest BCUT2D eigenvalue weighted by Gasteiger charge is 2.21. The molecule has 0 aromatic heterocycles. The predicted octanol–water partition coefficient (Wildman–Crippen LogP) is 4.62. The average Bonchev–Trinajstić information content (AvgIpc) is 2.56. The van der Waals surface area contributed by atoms with Gasteiger partial charge in [-0.25, -0.2) is 4.79 Å². The number of nitrogens with zero attached hydrogens (tertiary/aromatic N) is 2. The first-order valence-electron chi connectivity index (χ1n) is 8.58. The number of nitrogens with one attached hydrogen (secondary N) is 1. The maximum Gasteiger partial charge on any atom is 0.321 e. The molecule has 0 radical (unpaired) electrons. The van der Waals surface area contributed by atoms with Gasteiger partial charge in [0.05, 0.1) is 0 Å². The largest absolute Gasteiger partial charge is 0.368 e. The van der Waals surface area contributed by atoms with Gasteiger partial charge < -0.3 is 15.1 Å². The van der Waals surface area contributed by atoms with Crippen molar-refractivity contribution in [2.75, 3.05) is 36.4 Å². The summed E-state index contributed by atoms with van der Waals surface area (Å²) in [5, 5.41) is 3.80. The van der Waals surface area contributed by atoms with Crippen LogP contribution in [0.1, 0.15) is 16.7 Å². The number of hydrogen-bond acceptors (Lipinski definition) is 2. The van der Waals surface area contributed by atoms with E-state index in [-0.39, 0.29) is 6.03 Å². The summed E-state index contributed by atoms with van der Waals surface area (Å²) in [7, 11) is 0. The minimum absolute atomic E-state index is 0.0356. The van der Waals surface area contributed by atoms with Crippen molar-refractivity contribution in [3.63, 3.8) is 0 Å². The first kappa shape index (κ1) is 17.6. The molecule has 1 heterocycles. The molecule has 1 saturated heterocycles. The van der Waals surface area contributed by atoms with Crippen molar-refractivity contribution in [2.24, 2.45) is 0 Å². The fourth-order valence-corrected chi connectivity index (χ4v) is 3.37. The van der Waals surface area contributed by atoms with Crippen LogP contribution in [0.25, 0.3) is 0 Å². The number of benzene rings is 2. The predicted molar refractivity (Wildman–Crippen MR) is 105 cm³/mol. The van der Waals surface area contributed by atoms with Crippen molar-refractivity contribution in [3.05, 3.63) is 58.1 Å². The second-order valence-corrected chi connectivity index (χ2v) is 7.12. The number of amides is 2. The van der Waals surface area contributed by atoms with E-state index in [1.165, 1.54) is 0 Å².